The van der Waals surface area contributed by atoms with Crippen molar-refractivity contribution in [1.29, 1.82) is 0 Å². The zero-order chi connectivity index (χ0) is 19.6. The van der Waals surface area contributed by atoms with Crippen LogP contribution >= 0.6 is 0 Å². The average Bonchev–Trinajstić information content (AvgIpc) is 2.74. The molecule has 0 unspecified atom stereocenters. The molecule has 0 radical (unpaired) electrons. The SMILES string of the molecule is OCCOc1ccc(CN2CCN(CCc3ccccc3)[C@H](CCO)C2)cc1. The molecule has 0 spiro atoms. The van der Waals surface area contributed by atoms with Gasteiger partial charge in [-0.05, 0) is 36.1 Å². The summed E-state index contributed by atoms with van der Waals surface area (Å²) in [6.45, 7) is 5.61. The van der Waals surface area contributed by atoms with Gasteiger partial charge in [-0.3, -0.25) is 9.80 Å². The van der Waals surface area contributed by atoms with Crippen molar-refractivity contribution in [2.45, 2.75) is 25.4 Å². The van der Waals surface area contributed by atoms with Crippen molar-refractivity contribution in [2.75, 3.05) is 46.0 Å². The van der Waals surface area contributed by atoms with Crippen LogP contribution in [0.25, 0.3) is 0 Å². The van der Waals surface area contributed by atoms with Gasteiger partial charge in [0.1, 0.15) is 12.4 Å². The minimum Gasteiger partial charge on any atom is -0.491 e. The summed E-state index contributed by atoms with van der Waals surface area (Å²) in [6.07, 6.45) is 1.87. The normalized spacial score (nSPS) is 18.3. The Hall–Kier alpha value is -1.92. The molecule has 1 aliphatic rings. The molecule has 2 aromatic rings. The fraction of sp³-hybridized carbons (Fsp3) is 0.478. The van der Waals surface area contributed by atoms with Crippen LogP contribution in [-0.2, 0) is 13.0 Å². The summed E-state index contributed by atoms with van der Waals surface area (Å²) >= 11 is 0. The molecule has 3 rings (SSSR count). The number of hydrogen-bond donors (Lipinski definition) is 2. The predicted molar refractivity (Wildman–Crippen MR) is 112 cm³/mol. The Labute approximate surface area is 168 Å². The van der Waals surface area contributed by atoms with Crippen molar-refractivity contribution in [3.05, 3.63) is 65.7 Å². The Morgan fingerprint density at radius 2 is 1.68 bits per heavy atom. The Kier molecular flexibility index (Phi) is 8.30. The van der Waals surface area contributed by atoms with Crippen LogP contribution in [0.2, 0.25) is 0 Å². The first-order chi connectivity index (χ1) is 13.8. The van der Waals surface area contributed by atoms with Gasteiger partial charge in [-0.2, -0.15) is 0 Å². The zero-order valence-electron chi connectivity index (χ0n) is 16.5. The second-order valence-electron chi connectivity index (χ2n) is 7.39. The van der Waals surface area contributed by atoms with Crippen molar-refractivity contribution < 1.29 is 14.9 Å². The fourth-order valence-corrected chi connectivity index (χ4v) is 3.85. The lowest BCUT2D eigenvalue weighted by molar-refractivity contribution is 0.0562. The number of aliphatic hydroxyl groups is 2. The molecule has 2 aromatic carbocycles. The van der Waals surface area contributed by atoms with Crippen molar-refractivity contribution in [3.8, 4) is 5.75 Å². The van der Waals surface area contributed by atoms with Gasteiger partial charge in [0.25, 0.3) is 0 Å². The maximum absolute atomic E-state index is 9.52. The first-order valence-electron chi connectivity index (χ1n) is 10.2. The molecular weight excluding hydrogens is 352 g/mol. The van der Waals surface area contributed by atoms with Crippen LogP contribution in [0.3, 0.4) is 0 Å². The fourth-order valence-electron chi connectivity index (χ4n) is 3.85. The standard InChI is InChI=1S/C23H32N2O3/c26-15-11-22-19-24(18-21-6-8-23(9-7-21)28-17-16-27)13-14-25(22)12-10-20-4-2-1-3-5-20/h1-9,22,26-27H,10-19H2/t22-/m1/s1. The molecule has 0 aliphatic carbocycles. The van der Waals surface area contributed by atoms with E-state index in [0.29, 0.717) is 12.6 Å². The van der Waals surface area contributed by atoms with E-state index in [9.17, 15) is 5.11 Å². The van der Waals surface area contributed by atoms with Gasteiger partial charge in [-0.15, -0.1) is 0 Å². The molecule has 2 N–H and O–H groups in total. The quantitative estimate of drug-likeness (QED) is 0.658. The van der Waals surface area contributed by atoms with Crippen LogP contribution in [0.15, 0.2) is 54.6 Å². The molecule has 1 heterocycles. The van der Waals surface area contributed by atoms with Crippen LogP contribution in [0.5, 0.6) is 5.75 Å². The van der Waals surface area contributed by atoms with E-state index in [-0.39, 0.29) is 13.2 Å². The number of aliphatic hydroxyl groups excluding tert-OH is 2. The van der Waals surface area contributed by atoms with E-state index in [0.717, 1.165) is 51.3 Å². The molecule has 0 aromatic heterocycles. The van der Waals surface area contributed by atoms with Crippen LogP contribution in [0.4, 0.5) is 0 Å². The van der Waals surface area contributed by atoms with Gasteiger partial charge in [0, 0.05) is 45.4 Å². The van der Waals surface area contributed by atoms with Gasteiger partial charge in [-0.1, -0.05) is 42.5 Å². The zero-order valence-corrected chi connectivity index (χ0v) is 16.5. The van der Waals surface area contributed by atoms with Crippen LogP contribution in [0, 0.1) is 0 Å². The lowest BCUT2D eigenvalue weighted by Gasteiger charge is -2.41. The number of benzene rings is 2. The first-order valence-corrected chi connectivity index (χ1v) is 10.2. The molecule has 152 valence electrons. The largest absolute Gasteiger partial charge is 0.491 e. The second kappa shape index (κ2) is 11.2. The summed E-state index contributed by atoms with van der Waals surface area (Å²) in [5, 5.41) is 18.4. The molecule has 28 heavy (non-hydrogen) atoms. The second-order valence-corrected chi connectivity index (χ2v) is 7.39. The maximum Gasteiger partial charge on any atom is 0.119 e. The molecule has 0 saturated carbocycles. The summed E-state index contributed by atoms with van der Waals surface area (Å²) < 4.78 is 5.43. The number of rotatable bonds is 10. The smallest absolute Gasteiger partial charge is 0.119 e. The molecule has 1 aliphatic heterocycles. The minimum atomic E-state index is 0.0303. The number of hydrogen-bond acceptors (Lipinski definition) is 5. The highest BCUT2D eigenvalue weighted by atomic mass is 16.5. The lowest BCUT2D eigenvalue weighted by Crippen LogP contribution is -2.53. The van der Waals surface area contributed by atoms with E-state index in [1.54, 1.807) is 0 Å². The van der Waals surface area contributed by atoms with Gasteiger partial charge in [0.2, 0.25) is 0 Å². The van der Waals surface area contributed by atoms with Crippen LogP contribution in [-0.4, -0.2) is 72.1 Å². The van der Waals surface area contributed by atoms with E-state index in [1.165, 1.54) is 11.1 Å². The van der Waals surface area contributed by atoms with Gasteiger partial charge in [0.05, 0.1) is 6.61 Å². The van der Waals surface area contributed by atoms with E-state index < -0.39 is 0 Å². The highest BCUT2D eigenvalue weighted by Gasteiger charge is 2.26. The Morgan fingerprint density at radius 3 is 2.39 bits per heavy atom. The summed E-state index contributed by atoms with van der Waals surface area (Å²) in [5.74, 6) is 0.793. The number of piperazine rings is 1. The van der Waals surface area contributed by atoms with Gasteiger partial charge in [-0.25, -0.2) is 0 Å². The summed E-state index contributed by atoms with van der Waals surface area (Å²) in [6, 6.07) is 19.1. The molecule has 5 heteroatoms. The van der Waals surface area contributed by atoms with Crippen LogP contribution in [0.1, 0.15) is 17.5 Å². The number of ether oxygens (including phenoxy) is 1. The summed E-state index contributed by atoms with van der Waals surface area (Å²) in [4.78, 5) is 5.01. The van der Waals surface area contributed by atoms with E-state index in [4.69, 9.17) is 9.84 Å². The summed E-state index contributed by atoms with van der Waals surface area (Å²) in [7, 11) is 0. The van der Waals surface area contributed by atoms with E-state index >= 15 is 0 Å². The third-order valence-corrected chi connectivity index (χ3v) is 5.37. The third kappa shape index (κ3) is 6.31. The van der Waals surface area contributed by atoms with Gasteiger partial charge in [0.15, 0.2) is 0 Å². The summed E-state index contributed by atoms with van der Waals surface area (Å²) in [5.41, 5.74) is 2.63. The van der Waals surface area contributed by atoms with E-state index in [1.807, 2.05) is 12.1 Å². The highest BCUT2D eigenvalue weighted by Crippen LogP contribution is 2.18. The van der Waals surface area contributed by atoms with Crippen molar-refractivity contribution in [1.82, 2.24) is 9.80 Å². The van der Waals surface area contributed by atoms with Crippen molar-refractivity contribution in [2.24, 2.45) is 0 Å². The molecule has 1 atom stereocenters. The van der Waals surface area contributed by atoms with Crippen molar-refractivity contribution in [3.63, 3.8) is 0 Å². The van der Waals surface area contributed by atoms with Crippen LogP contribution < -0.4 is 4.74 Å². The third-order valence-electron chi connectivity index (χ3n) is 5.37. The molecule has 1 fully saturated rings. The molecule has 5 nitrogen and oxygen atoms in total. The predicted octanol–water partition coefficient (Wildman–Crippen LogP) is 2.17. The van der Waals surface area contributed by atoms with E-state index in [2.05, 4.69) is 52.3 Å². The van der Waals surface area contributed by atoms with Gasteiger partial charge >= 0.3 is 0 Å². The highest BCUT2D eigenvalue weighted by molar-refractivity contribution is 5.27. The monoisotopic (exact) mass is 384 g/mol. The van der Waals surface area contributed by atoms with Gasteiger partial charge < -0.3 is 14.9 Å². The molecule has 0 bridgehead atoms. The lowest BCUT2D eigenvalue weighted by atomic mass is 10.1. The average molecular weight is 385 g/mol. The Bertz CT molecular complexity index is 678. The molecular formula is C23H32N2O3. The number of nitrogens with zero attached hydrogens (tertiary/aromatic N) is 2. The topological polar surface area (TPSA) is 56.2 Å². The molecule has 1 saturated heterocycles. The first kappa shape index (κ1) is 20.8. The van der Waals surface area contributed by atoms with Crippen molar-refractivity contribution >= 4 is 0 Å². The maximum atomic E-state index is 9.52. The Morgan fingerprint density at radius 1 is 0.893 bits per heavy atom. The molecule has 0 amide bonds. The minimum absolute atomic E-state index is 0.0303. The Balaban J connectivity index is 1.51.